The Labute approximate surface area is 262 Å². The van der Waals surface area contributed by atoms with Crippen molar-refractivity contribution in [1.29, 1.82) is 0 Å². The normalized spacial score (nSPS) is 24.6. The van der Waals surface area contributed by atoms with Crippen LogP contribution in [0, 0.1) is 12.8 Å². The lowest BCUT2D eigenvalue weighted by molar-refractivity contribution is -0.754. The average Bonchev–Trinajstić information content (AvgIpc) is 3.29. The highest BCUT2D eigenvalue weighted by molar-refractivity contribution is 6.06. The van der Waals surface area contributed by atoms with Crippen LogP contribution in [0.3, 0.4) is 0 Å². The van der Waals surface area contributed by atoms with E-state index in [4.69, 9.17) is 4.98 Å². The zero-order valence-electron chi connectivity index (χ0n) is 27.3. The molecule has 224 valence electrons. The van der Waals surface area contributed by atoms with Crippen molar-refractivity contribution in [2.75, 3.05) is 0 Å². The second kappa shape index (κ2) is 9.28. The summed E-state index contributed by atoms with van der Waals surface area (Å²) in [6, 6.07) is 17.2. The summed E-state index contributed by atoms with van der Waals surface area (Å²) in [5.41, 5.74) is 13.9. The molecule has 3 aromatic carbocycles. The molecule has 0 saturated heterocycles. The van der Waals surface area contributed by atoms with Crippen LogP contribution in [0.4, 0.5) is 0 Å². The molecule has 1 spiro atoms. The Hall–Kier alpha value is -3.46. The summed E-state index contributed by atoms with van der Waals surface area (Å²) >= 11 is 0. The van der Waals surface area contributed by atoms with E-state index in [-0.39, 0.29) is 11.1 Å². The van der Waals surface area contributed by atoms with E-state index >= 15 is 0 Å². The minimum absolute atomic E-state index is 0.145. The van der Waals surface area contributed by atoms with E-state index in [2.05, 4.69) is 99.0 Å². The highest BCUT2D eigenvalue weighted by atomic mass is 15.4. The molecule has 3 aliphatic carbocycles. The van der Waals surface area contributed by atoms with Crippen molar-refractivity contribution in [3.05, 3.63) is 94.0 Å². The SMILES string of the molecule is CC1=CC(C)=C(C2CCCCC2)C2(c3cc4ccccc4c4c3-c3c5c(cc(C)cc5nc[n+]32)C4(C)C)N1C1CCCCC1. The van der Waals surface area contributed by atoms with Gasteiger partial charge in [-0.05, 0) is 109 Å². The topological polar surface area (TPSA) is 20.0 Å². The van der Waals surface area contributed by atoms with Crippen molar-refractivity contribution < 1.29 is 4.57 Å². The molecule has 1 atom stereocenters. The molecule has 44 heavy (non-hydrogen) atoms. The number of aromatic nitrogens is 2. The lowest BCUT2D eigenvalue weighted by Crippen LogP contribution is -2.69. The van der Waals surface area contributed by atoms with Crippen LogP contribution in [0.1, 0.15) is 114 Å². The Morgan fingerprint density at radius 2 is 1.57 bits per heavy atom. The minimum atomic E-state index is -0.389. The predicted molar refractivity (Wildman–Crippen MR) is 181 cm³/mol. The number of benzene rings is 3. The fourth-order valence-electron chi connectivity index (χ4n) is 10.7. The van der Waals surface area contributed by atoms with Gasteiger partial charge in [0.1, 0.15) is 5.69 Å². The first-order valence-electron chi connectivity index (χ1n) is 17.5. The molecule has 0 bridgehead atoms. The van der Waals surface area contributed by atoms with Gasteiger partial charge in [0.2, 0.25) is 5.66 Å². The predicted octanol–water partition coefficient (Wildman–Crippen LogP) is 9.75. The Morgan fingerprint density at radius 3 is 2.34 bits per heavy atom. The first-order valence-corrected chi connectivity index (χ1v) is 17.5. The van der Waals surface area contributed by atoms with Crippen LogP contribution in [-0.4, -0.2) is 15.9 Å². The third-order valence-corrected chi connectivity index (χ3v) is 12.3. The van der Waals surface area contributed by atoms with Gasteiger partial charge < -0.3 is 4.90 Å². The zero-order chi connectivity index (χ0) is 30.0. The Balaban J connectivity index is 1.51. The monoisotopic (exact) mass is 580 g/mol. The number of rotatable bonds is 2. The number of hydrogen-bond donors (Lipinski definition) is 0. The minimum Gasteiger partial charge on any atom is -0.324 e. The molecule has 0 radical (unpaired) electrons. The number of nitrogens with zero attached hydrogens (tertiary/aromatic N) is 3. The first-order chi connectivity index (χ1) is 21.3. The zero-order valence-corrected chi connectivity index (χ0v) is 27.3. The van der Waals surface area contributed by atoms with Crippen molar-refractivity contribution in [3.63, 3.8) is 0 Å². The molecule has 5 aliphatic rings. The molecule has 0 N–H and O–H groups in total. The molecule has 2 fully saturated rings. The molecule has 3 heteroatoms. The van der Waals surface area contributed by atoms with Gasteiger partial charge in [-0.15, -0.1) is 0 Å². The third-order valence-electron chi connectivity index (χ3n) is 12.3. The van der Waals surface area contributed by atoms with Gasteiger partial charge in [0, 0.05) is 33.9 Å². The Kier molecular flexibility index (Phi) is 5.68. The molecule has 2 aliphatic heterocycles. The molecule has 1 aromatic heterocycles. The summed E-state index contributed by atoms with van der Waals surface area (Å²) in [6.07, 6.45) is 18.0. The van der Waals surface area contributed by atoms with Crippen LogP contribution >= 0.6 is 0 Å². The van der Waals surface area contributed by atoms with Crippen LogP contribution in [0.25, 0.3) is 32.9 Å². The maximum Gasteiger partial charge on any atom is 0.289 e. The number of fused-ring (bicyclic) bond motifs is 4. The van der Waals surface area contributed by atoms with Gasteiger partial charge in [0.25, 0.3) is 6.33 Å². The number of allylic oxidation sites excluding steroid dienone is 3. The molecule has 3 heterocycles. The van der Waals surface area contributed by atoms with Gasteiger partial charge in [-0.2, -0.15) is 4.57 Å². The Morgan fingerprint density at radius 1 is 0.841 bits per heavy atom. The van der Waals surface area contributed by atoms with Gasteiger partial charge in [-0.25, -0.2) is 0 Å². The van der Waals surface area contributed by atoms with E-state index in [1.54, 1.807) is 5.57 Å². The van der Waals surface area contributed by atoms with Crippen LogP contribution in [0.5, 0.6) is 0 Å². The van der Waals surface area contributed by atoms with E-state index in [0.717, 1.165) is 5.52 Å². The van der Waals surface area contributed by atoms with Crippen molar-refractivity contribution >= 4 is 21.7 Å². The molecule has 2 saturated carbocycles. The third kappa shape index (κ3) is 3.29. The number of hydrogen-bond acceptors (Lipinski definition) is 2. The molecule has 9 rings (SSSR count). The standard InChI is InChI=1S/C41H46N3/c1-25-20-32-35-34(21-25)42-24-43-39(35)36-33(23-29-16-12-13-19-31(29)38(36)40(32,4)5)41(43)37(28-14-8-6-9-15-28)26(2)22-27(3)44(41)30-17-10-7-11-18-30/h12-13,16,19-24,28,30H,6-11,14-15,17-18H2,1-5H3/q+1. The van der Waals surface area contributed by atoms with Gasteiger partial charge in [0.15, 0.2) is 5.52 Å². The molecule has 3 nitrogen and oxygen atoms in total. The van der Waals surface area contributed by atoms with Gasteiger partial charge in [-0.1, -0.05) is 82.7 Å². The maximum absolute atomic E-state index is 5.37. The van der Waals surface area contributed by atoms with Crippen LogP contribution in [-0.2, 0) is 11.1 Å². The van der Waals surface area contributed by atoms with Crippen molar-refractivity contribution in [1.82, 2.24) is 9.88 Å². The Bertz CT molecular complexity index is 1950. The van der Waals surface area contributed by atoms with Crippen molar-refractivity contribution in [3.8, 4) is 11.3 Å². The van der Waals surface area contributed by atoms with Crippen LogP contribution in [0.15, 0.2) is 71.7 Å². The van der Waals surface area contributed by atoms with Crippen LogP contribution < -0.4 is 4.57 Å². The van der Waals surface area contributed by atoms with Crippen molar-refractivity contribution in [2.24, 2.45) is 5.92 Å². The van der Waals surface area contributed by atoms with Gasteiger partial charge in [0.05, 0.1) is 5.39 Å². The summed E-state index contributed by atoms with van der Waals surface area (Å²) in [7, 11) is 0. The smallest absolute Gasteiger partial charge is 0.289 e. The molecule has 1 unspecified atom stereocenters. The highest BCUT2D eigenvalue weighted by Crippen LogP contribution is 2.61. The van der Waals surface area contributed by atoms with Gasteiger partial charge in [-0.3, -0.25) is 0 Å². The fraction of sp³-hybridized carbons (Fsp3) is 0.463. The lowest BCUT2D eigenvalue weighted by Gasteiger charge is -2.52. The second-order valence-corrected chi connectivity index (χ2v) is 15.2. The van der Waals surface area contributed by atoms with Gasteiger partial charge >= 0.3 is 0 Å². The van der Waals surface area contributed by atoms with E-state index in [9.17, 15) is 0 Å². The molecular weight excluding hydrogens is 534 g/mol. The van der Waals surface area contributed by atoms with E-state index in [0.29, 0.717) is 12.0 Å². The molecule has 0 amide bonds. The summed E-state index contributed by atoms with van der Waals surface area (Å²) in [6.45, 7) is 12.0. The summed E-state index contributed by atoms with van der Waals surface area (Å²) in [4.78, 5) is 8.32. The maximum atomic E-state index is 5.37. The fourth-order valence-corrected chi connectivity index (χ4v) is 10.7. The average molecular weight is 581 g/mol. The summed E-state index contributed by atoms with van der Waals surface area (Å²) in [5.74, 6) is 0.586. The van der Waals surface area contributed by atoms with E-state index < -0.39 is 0 Å². The van der Waals surface area contributed by atoms with E-state index in [1.165, 1.54) is 125 Å². The van der Waals surface area contributed by atoms with E-state index in [1.807, 2.05) is 0 Å². The number of aryl methyl sites for hydroxylation is 1. The highest BCUT2D eigenvalue weighted by Gasteiger charge is 2.62. The molecular formula is C41H46N3+. The van der Waals surface area contributed by atoms with Crippen LogP contribution in [0.2, 0.25) is 0 Å². The summed E-state index contributed by atoms with van der Waals surface area (Å²) in [5, 5.41) is 4.16. The van der Waals surface area contributed by atoms with Crippen molar-refractivity contribution in [2.45, 2.75) is 116 Å². The quantitative estimate of drug-likeness (QED) is 0.220. The molecule has 4 aromatic rings. The second-order valence-electron chi connectivity index (χ2n) is 15.2. The summed E-state index contributed by atoms with van der Waals surface area (Å²) < 4.78 is 2.72. The first kappa shape index (κ1) is 26.9. The largest absolute Gasteiger partial charge is 0.324 e. The lowest BCUT2D eigenvalue weighted by atomic mass is 9.66.